The molecule has 2 aromatic rings. The number of rotatable bonds is 4. The van der Waals surface area contributed by atoms with Gasteiger partial charge in [0, 0.05) is 13.6 Å². The molecule has 0 aliphatic carbocycles. The second-order valence-electron chi connectivity index (χ2n) is 4.00. The van der Waals surface area contributed by atoms with Gasteiger partial charge in [0.05, 0.1) is 6.20 Å². The van der Waals surface area contributed by atoms with Gasteiger partial charge in [0.15, 0.2) is 0 Å². The van der Waals surface area contributed by atoms with Crippen LogP contribution < -0.4 is 5.32 Å². The standard InChI is InChI=1S/C13H13N3O3/c1-16-11(10(8-15-16)13(18)19)12(17)14-7-9-5-3-2-4-6-9/h2-6,8H,7H2,1H3,(H,14,17)(H,18,19). The van der Waals surface area contributed by atoms with E-state index in [0.717, 1.165) is 5.56 Å². The fraction of sp³-hybridized carbons (Fsp3) is 0.154. The average molecular weight is 259 g/mol. The van der Waals surface area contributed by atoms with Gasteiger partial charge < -0.3 is 10.4 Å². The van der Waals surface area contributed by atoms with Gasteiger partial charge in [-0.05, 0) is 5.56 Å². The summed E-state index contributed by atoms with van der Waals surface area (Å²) in [5.41, 5.74) is 0.881. The van der Waals surface area contributed by atoms with Crippen LogP contribution in [0.25, 0.3) is 0 Å². The Balaban J connectivity index is 2.12. The molecule has 19 heavy (non-hydrogen) atoms. The molecule has 2 rings (SSSR count). The summed E-state index contributed by atoms with van der Waals surface area (Å²) >= 11 is 0. The van der Waals surface area contributed by atoms with Crippen LogP contribution in [0.2, 0.25) is 0 Å². The molecule has 6 nitrogen and oxygen atoms in total. The maximum absolute atomic E-state index is 12.0. The molecule has 0 atom stereocenters. The van der Waals surface area contributed by atoms with Crippen molar-refractivity contribution in [2.75, 3.05) is 0 Å². The molecule has 1 aromatic carbocycles. The molecule has 1 amide bonds. The molecule has 0 saturated carbocycles. The first-order valence-corrected chi connectivity index (χ1v) is 5.67. The molecule has 0 bridgehead atoms. The van der Waals surface area contributed by atoms with Crippen molar-refractivity contribution < 1.29 is 14.7 Å². The highest BCUT2D eigenvalue weighted by molar-refractivity contribution is 6.03. The topological polar surface area (TPSA) is 84.2 Å². The first-order chi connectivity index (χ1) is 9.09. The Bertz CT molecular complexity index is 605. The van der Waals surface area contributed by atoms with Crippen LogP contribution in [0.3, 0.4) is 0 Å². The number of hydrogen-bond donors (Lipinski definition) is 2. The van der Waals surface area contributed by atoms with E-state index in [-0.39, 0.29) is 11.3 Å². The first-order valence-electron chi connectivity index (χ1n) is 5.67. The fourth-order valence-corrected chi connectivity index (χ4v) is 1.73. The summed E-state index contributed by atoms with van der Waals surface area (Å²) in [5.74, 6) is -1.63. The largest absolute Gasteiger partial charge is 0.478 e. The number of benzene rings is 1. The zero-order valence-corrected chi connectivity index (χ0v) is 10.3. The molecule has 0 aliphatic rings. The second-order valence-corrected chi connectivity index (χ2v) is 4.00. The molecule has 1 aromatic heterocycles. The normalized spacial score (nSPS) is 10.2. The summed E-state index contributed by atoms with van der Waals surface area (Å²) < 4.78 is 1.25. The van der Waals surface area contributed by atoms with Crippen LogP contribution >= 0.6 is 0 Å². The summed E-state index contributed by atoms with van der Waals surface area (Å²) in [6.45, 7) is 0.337. The summed E-state index contributed by atoms with van der Waals surface area (Å²) in [7, 11) is 1.53. The van der Waals surface area contributed by atoms with Gasteiger partial charge in [-0.25, -0.2) is 4.79 Å². The number of carboxylic acid groups (broad SMARTS) is 1. The zero-order valence-electron chi connectivity index (χ0n) is 10.3. The van der Waals surface area contributed by atoms with E-state index in [1.165, 1.54) is 17.9 Å². The van der Waals surface area contributed by atoms with Gasteiger partial charge in [0.25, 0.3) is 5.91 Å². The Kier molecular flexibility index (Phi) is 3.61. The van der Waals surface area contributed by atoms with Gasteiger partial charge in [-0.1, -0.05) is 30.3 Å². The number of aromatic nitrogens is 2. The number of aryl methyl sites for hydroxylation is 1. The zero-order chi connectivity index (χ0) is 13.8. The highest BCUT2D eigenvalue weighted by Crippen LogP contribution is 2.08. The third kappa shape index (κ3) is 2.79. The molecule has 0 spiro atoms. The highest BCUT2D eigenvalue weighted by Gasteiger charge is 2.21. The molecule has 0 aliphatic heterocycles. The average Bonchev–Trinajstić information content (AvgIpc) is 2.79. The van der Waals surface area contributed by atoms with Crippen molar-refractivity contribution in [1.29, 1.82) is 0 Å². The van der Waals surface area contributed by atoms with E-state index in [0.29, 0.717) is 6.54 Å². The summed E-state index contributed by atoms with van der Waals surface area (Å²) in [4.78, 5) is 23.0. The summed E-state index contributed by atoms with van der Waals surface area (Å²) in [6.07, 6.45) is 1.17. The summed E-state index contributed by atoms with van der Waals surface area (Å²) in [5, 5.41) is 15.4. The third-order valence-electron chi connectivity index (χ3n) is 2.68. The Morgan fingerprint density at radius 3 is 2.63 bits per heavy atom. The lowest BCUT2D eigenvalue weighted by atomic mass is 10.2. The Morgan fingerprint density at radius 2 is 2.00 bits per heavy atom. The third-order valence-corrected chi connectivity index (χ3v) is 2.68. The smallest absolute Gasteiger partial charge is 0.339 e. The molecule has 0 unspecified atom stereocenters. The maximum Gasteiger partial charge on any atom is 0.339 e. The lowest BCUT2D eigenvalue weighted by Crippen LogP contribution is -2.27. The number of hydrogen-bond acceptors (Lipinski definition) is 3. The van der Waals surface area contributed by atoms with E-state index < -0.39 is 11.9 Å². The monoisotopic (exact) mass is 259 g/mol. The number of nitrogens with one attached hydrogen (secondary N) is 1. The van der Waals surface area contributed by atoms with E-state index in [1.54, 1.807) is 0 Å². The van der Waals surface area contributed by atoms with Gasteiger partial charge in [-0.3, -0.25) is 9.48 Å². The minimum Gasteiger partial charge on any atom is -0.478 e. The van der Waals surface area contributed by atoms with Crippen LogP contribution in [-0.4, -0.2) is 26.8 Å². The minimum absolute atomic E-state index is 0.0448. The van der Waals surface area contributed by atoms with Crippen LogP contribution in [0.4, 0.5) is 0 Å². The van der Waals surface area contributed by atoms with Gasteiger partial charge in [-0.15, -0.1) is 0 Å². The predicted molar refractivity (Wildman–Crippen MR) is 67.8 cm³/mol. The van der Waals surface area contributed by atoms with E-state index in [2.05, 4.69) is 10.4 Å². The van der Waals surface area contributed by atoms with E-state index >= 15 is 0 Å². The highest BCUT2D eigenvalue weighted by atomic mass is 16.4. The lowest BCUT2D eigenvalue weighted by molar-refractivity contribution is 0.0690. The predicted octanol–water partition coefficient (Wildman–Crippen LogP) is 1.05. The van der Waals surface area contributed by atoms with Crippen LogP contribution in [0.15, 0.2) is 36.5 Å². The number of carbonyl (C=O) groups excluding carboxylic acids is 1. The number of carboxylic acids is 1. The Hall–Kier alpha value is -2.63. The van der Waals surface area contributed by atoms with Crippen molar-refractivity contribution in [2.45, 2.75) is 6.54 Å². The molecular formula is C13H13N3O3. The van der Waals surface area contributed by atoms with Crippen molar-refractivity contribution in [3.05, 3.63) is 53.3 Å². The number of carbonyl (C=O) groups is 2. The summed E-state index contributed by atoms with van der Waals surface area (Å²) in [6, 6.07) is 9.38. The molecule has 0 radical (unpaired) electrons. The molecule has 2 N–H and O–H groups in total. The fourth-order valence-electron chi connectivity index (χ4n) is 1.73. The van der Waals surface area contributed by atoms with Gasteiger partial charge in [0.1, 0.15) is 11.3 Å². The number of amides is 1. The van der Waals surface area contributed by atoms with E-state index in [1.807, 2.05) is 30.3 Å². The molecule has 98 valence electrons. The Morgan fingerprint density at radius 1 is 1.32 bits per heavy atom. The van der Waals surface area contributed by atoms with Crippen molar-refractivity contribution >= 4 is 11.9 Å². The Labute approximate surface area is 109 Å². The number of nitrogens with zero attached hydrogens (tertiary/aromatic N) is 2. The first kappa shape index (κ1) is 12.8. The second kappa shape index (κ2) is 5.34. The van der Waals surface area contributed by atoms with Crippen molar-refractivity contribution in [1.82, 2.24) is 15.1 Å². The van der Waals surface area contributed by atoms with Crippen LogP contribution in [0, 0.1) is 0 Å². The van der Waals surface area contributed by atoms with Crippen molar-refractivity contribution in [2.24, 2.45) is 7.05 Å². The maximum atomic E-state index is 12.0. The molecule has 0 saturated heterocycles. The quantitative estimate of drug-likeness (QED) is 0.859. The van der Waals surface area contributed by atoms with E-state index in [4.69, 9.17) is 5.11 Å². The van der Waals surface area contributed by atoms with Gasteiger partial charge >= 0.3 is 5.97 Å². The van der Waals surface area contributed by atoms with Crippen LogP contribution in [-0.2, 0) is 13.6 Å². The van der Waals surface area contributed by atoms with Crippen molar-refractivity contribution in [3.8, 4) is 0 Å². The van der Waals surface area contributed by atoms with E-state index in [9.17, 15) is 9.59 Å². The van der Waals surface area contributed by atoms with Crippen LogP contribution in [0.1, 0.15) is 26.4 Å². The van der Waals surface area contributed by atoms with Crippen molar-refractivity contribution in [3.63, 3.8) is 0 Å². The molecular weight excluding hydrogens is 246 g/mol. The molecule has 6 heteroatoms. The minimum atomic E-state index is -1.17. The van der Waals surface area contributed by atoms with Gasteiger partial charge in [0.2, 0.25) is 0 Å². The van der Waals surface area contributed by atoms with Crippen LogP contribution in [0.5, 0.6) is 0 Å². The lowest BCUT2D eigenvalue weighted by Gasteiger charge is -2.06. The molecule has 1 heterocycles. The van der Waals surface area contributed by atoms with Gasteiger partial charge in [-0.2, -0.15) is 5.10 Å². The molecule has 0 fully saturated rings. The SMILES string of the molecule is Cn1ncc(C(=O)O)c1C(=O)NCc1ccccc1. The number of aromatic carboxylic acids is 1.